The molecule has 0 saturated heterocycles. The highest BCUT2D eigenvalue weighted by molar-refractivity contribution is 6.11. The maximum Gasteiger partial charge on any atom is 0.167 e. The van der Waals surface area contributed by atoms with E-state index in [4.69, 9.17) is 19.4 Å². The first-order valence-corrected chi connectivity index (χ1v) is 20.6. The van der Waals surface area contributed by atoms with E-state index in [0.717, 1.165) is 82.4 Å². The summed E-state index contributed by atoms with van der Waals surface area (Å²) in [5.74, 6) is 1.73. The van der Waals surface area contributed by atoms with Gasteiger partial charge < -0.3 is 4.42 Å². The summed E-state index contributed by atoms with van der Waals surface area (Å²) in [6.45, 7) is 0. The molecule has 12 rings (SSSR count). The number of fused-ring (bicyclic) bond motifs is 6. The Morgan fingerprint density at radius 1 is 0.279 bits per heavy atom. The molecule has 0 unspecified atom stereocenters. The summed E-state index contributed by atoms with van der Waals surface area (Å²) < 4.78 is 6.60. The summed E-state index contributed by atoms with van der Waals surface area (Å²) >= 11 is 0. The molecule has 4 heteroatoms. The molecule has 0 saturated carbocycles. The number of para-hydroxylation sites is 2. The lowest BCUT2D eigenvalue weighted by Crippen LogP contribution is -2.02. The van der Waals surface area contributed by atoms with E-state index in [2.05, 4.69) is 188 Å². The lowest BCUT2D eigenvalue weighted by molar-refractivity contribution is 0.669. The molecule has 10 aromatic carbocycles. The van der Waals surface area contributed by atoms with Gasteiger partial charge in [-0.2, -0.15) is 0 Å². The largest absolute Gasteiger partial charge is 0.455 e. The fourth-order valence-electron chi connectivity index (χ4n) is 9.09. The van der Waals surface area contributed by atoms with E-state index >= 15 is 0 Å². The molecule has 0 aliphatic rings. The monoisotopic (exact) mass is 777 g/mol. The van der Waals surface area contributed by atoms with Crippen LogP contribution in [0.25, 0.3) is 122 Å². The first kappa shape index (κ1) is 34.8. The number of aromatic nitrogens is 3. The molecule has 284 valence electrons. The van der Waals surface area contributed by atoms with Gasteiger partial charge in [0.05, 0.1) is 5.56 Å². The molecule has 0 aliphatic heterocycles. The second-order valence-corrected chi connectivity index (χ2v) is 15.5. The molecule has 12 aromatic rings. The van der Waals surface area contributed by atoms with Crippen molar-refractivity contribution in [1.29, 1.82) is 0 Å². The van der Waals surface area contributed by atoms with E-state index in [9.17, 15) is 0 Å². The van der Waals surface area contributed by atoms with Crippen LogP contribution in [-0.4, -0.2) is 15.0 Å². The van der Waals surface area contributed by atoms with Crippen LogP contribution < -0.4 is 0 Å². The quantitative estimate of drug-likeness (QED) is 0.169. The molecular formula is C57H35N3O. The van der Waals surface area contributed by atoms with Gasteiger partial charge in [-0.25, -0.2) is 15.0 Å². The summed E-state index contributed by atoms with van der Waals surface area (Å²) in [5, 5.41) is 8.86. The summed E-state index contributed by atoms with van der Waals surface area (Å²) in [5.41, 5.74) is 11.1. The molecule has 0 bridgehead atoms. The van der Waals surface area contributed by atoms with Gasteiger partial charge in [0.25, 0.3) is 0 Å². The zero-order chi connectivity index (χ0) is 40.3. The third-order valence-electron chi connectivity index (χ3n) is 11.9. The Bertz CT molecular complexity index is 3650. The number of hydrogen-bond acceptors (Lipinski definition) is 4. The molecule has 0 fully saturated rings. The highest BCUT2D eigenvalue weighted by Crippen LogP contribution is 2.43. The summed E-state index contributed by atoms with van der Waals surface area (Å²) in [6, 6.07) is 74.7. The summed E-state index contributed by atoms with van der Waals surface area (Å²) in [4.78, 5) is 16.2. The SMILES string of the molecule is c1ccc(-c2ccc3ccccc3c2-c2nc(-c3ccc(-c4cc(-c5ccccc5)c5ccccc5c4)c4ccccc34)nc(-c3cccc4c3oc3ccccc34)n2)cc1. The molecule has 2 aromatic heterocycles. The normalized spacial score (nSPS) is 11.6. The standard InChI is InChI=1S/C57H35N3O/c1-3-16-36(17-4-1)44-31-30-38-20-7-10-23-43(38)53(44)57-59-55(58-56(60-57)50-28-15-27-48-47-26-13-14-29-52(47)61-54(48)50)49-33-32-42(45-24-11-12-25-46(45)49)40-34-39-21-8-9-22-41(39)51(35-40)37-18-5-2-6-19-37/h1-35H. The van der Waals surface area contributed by atoms with E-state index < -0.39 is 0 Å². The zero-order valence-corrected chi connectivity index (χ0v) is 33.0. The fraction of sp³-hybridized carbons (Fsp3) is 0. The lowest BCUT2D eigenvalue weighted by atomic mass is 9.90. The van der Waals surface area contributed by atoms with Crippen LogP contribution >= 0.6 is 0 Å². The van der Waals surface area contributed by atoms with E-state index in [0.29, 0.717) is 17.5 Å². The molecule has 0 aliphatic carbocycles. The molecule has 0 atom stereocenters. The van der Waals surface area contributed by atoms with Crippen molar-refractivity contribution in [3.8, 4) is 67.5 Å². The molecule has 0 radical (unpaired) electrons. The average molecular weight is 778 g/mol. The average Bonchev–Trinajstić information content (AvgIpc) is 3.72. The Balaban J connectivity index is 1.13. The Morgan fingerprint density at radius 3 is 1.59 bits per heavy atom. The van der Waals surface area contributed by atoms with Gasteiger partial charge in [0.2, 0.25) is 0 Å². The Labute approximate surface area is 352 Å². The maximum absolute atomic E-state index is 6.60. The zero-order valence-electron chi connectivity index (χ0n) is 33.0. The maximum atomic E-state index is 6.60. The van der Waals surface area contributed by atoms with Gasteiger partial charge in [-0.15, -0.1) is 0 Å². The highest BCUT2D eigenvalue weighted by Gasteiger charge is 2.22. The second-order valence-electron chi connectivity index (χ2n) is 15.5. The molecule has 0 amide bonds. The topological polar surface area (TPSA) is 51.8 Å². The van der Waals surface area contributed by atoms with Crippen molar-refractivity contribution in [3.63, 3.8) is 0 Å². The van der Waals surface area contributed by atoms with Crippen LogP contribution in [0, 0.1) is 0 Å². The minimum absolute atomic E-state index is 0.548. The predicted octanol–water partition coefficient (Wildman–Crippen LogP) is 15.2. The van der Waals surface area contributed by atoms with Crippen molar-refractivity contribution in [2.24, 2.45) is 0 Å². The minimum atomic E-state index is 0.548. The first-order chi connectivity index (χ1) is 30.2. The van der Waals surface area contributed by atoms with Gasteiger partial charge in [0.15, 0.2) is 17.5 Å². The molecule has 4 nitrogen and oxygen atoms in total. The van der Waals surface area contributed by atoms with Crippen molar-refractivity contribution < 1.29 is 4.42 Å². The number of furan rings is 1. The van der Waals surface area contributed by atoms with Gasteiger partial charge in [0, 0.05) is 21.9 Å². The van der Waals surface area contributed by atoms with E-state index in [1.165, 1.54) is 21.9 Å². The Morgan fingerprint density at radius 2 is 0.820 bits per heavy atom. The molecule has 0 spiro atoms. The van der Waals surface area contributed by atoms with Crippen LogP contribution in [0.15, 0.2) is 217 Å². The second kappa shape index (κ2) is 14.3. The minimum Gasteiger partial charge on any atom is -0.455 e. The Hall–Kier alpha value is -8.21. The smallest absolute Gasteiger partial charge is 0.167 e. The molecule has 61 heavy (non-hydrogen) atoms. The summed E-state index contributed by atoms with van der Waals surface area (Å²) in [6.07, 6.45) is 0. The third kappa shape index (κ3) is 5.88. The number of rotatable bonds is 6. The van der Waals surface area contributed by atoms with Gasteiger partial charge in [-0.3, -0.25) is 0 Å². The van der Waals surface area contributed by atoms with Crippen molar-refractivity contribution in [2.75, 3.05) is 0 Å². The van der Waals surface area contributed by atoms with Gasteiger partial charge in [0.1, 0.15) is 11.2 Å². The van der Waals surface area contributed by atoms with E-state index in [-0.39, 0.29) is 0 Å². The molecule has 0 N–H and O–H groups in total. The fourth-order valence-corrected chi connectivity index (χ4v) is 9.09. The van der Waals surface area contributed by atoms with Crippen molar-refractivity contribution in [1.82, 2.24) is 15.0 Å². The Kier molecular flexibility index (Phi) is 8.13. The lowest BCUT2D eigenvalue weighted by Gasteiger charge is -2.17. The van der Waals surface area contributed by atoms with Crippen LogP contribution in [-0.2, 0) is 0 Å². The van der Waals surface area contributed by atoms with Crippen molar-refractivity contribution in [3.05, 3.63) is 212 Å². The van der Waals surface area contributed by atoms with Crippen LogP contribution in [0.5, 0.6) is 0 Å². The predicted molar refractivity (Wildman–Crippen MR) is 252 cm³/mol. The van der Waals surface area contributed by atoms with Gasteiger partial charge >= 0.3 is 0 Å². The summed E-state index contributed by atoms with van der Waals surface area (Å²) in [7, 11) is 0. The third-order valence-corrected chi connectivity index (χ3v) is 11.9. The van der Waals surface area contributed by atoms with Crippen molar-refractivity contribution in [2.45, 2.75) is 0 Å². The number of nitrogens with zero attached hydrogens (tertiary/aromatic N) is 3. The number of benzene rings is 10. The van der Waals surface area contributed by atoms with Crippen LogP contribution in [0.2, 0.25) is 0 Å². The van der Waals surface area contributed by atoms with Crippen LogP contribution in [0.1, 0.15) is 0 Å². The molecular weight excluding hydrogens is 743 g/mol. The van der Waals surface area contributed by atoms with E-state index in [1.807, 2.05) is 24.3 Å². The van der Waals surface area contributed by atoms with Crippen molar-refractivity contribution >= 4 is 54.3 Å². The van der Waals surface area contributed by atoms with E-state index in [1.54, 1.807) is 0 Å². The number of hydrogen-bond donors (Lipinski definition) is 0. The van der Waals surface area contributed by atoms with Gasteiger partial charge in [-0.1, -0.05) is 182 Å². The molecule has 2 heterocycles. The highest BCUT2D eigenvalue weighted by atomic mass is 16.3. The first-order valence-electron chi connectivity index (χ1n) is 20.6. The van der Waals surface area contributed by atoms with Crippen LogP contribution in [0.3, 0.4) is 0 Å². The van der Waals surface area contributed by atoms with Crippen LogP contribution in [0.4, 0.5) is 0 Å². The van der Waals surface area contributed by atoms with Gasteiger partial charge in [-0.05, 0) is 96.0 Å².